The van der Waals surface area contributed by atoms with Crippen LogP contribution in [0.3, 0.4) is 0 Å². The van der Waals surface area contributed by atoms with Crippen LogP contribution in [0.15, 0.2) is 61.2 Å². The molecule has 4 aromatic rings. The fourth-order valence-electron chi connectivity index (χ4n) is 3.83. The first-order chi connectivity index (χ1) is 15.9. The van der Waals surface area contributed by atoms with Gasteiger partial charge in [-0.3, -0.25) is 14.6 Å². The third kappa shape index (κ3) is 3.71. The van der Waals surface area contributed by atoms with Gasteiger partial charge in [-0.2, -0.15) is 5.10 Å². The molecule has 0 aliphatic heterocycles. The second-order valence-corrected chi connectivity index (χ2v) is 8.17. The fraction of sp³-hybridized carbons (Fsp3) is 0.208. The highest BCUT2D eigenvalue weighted by molar-refractivity contribution is 6.06. The second-order valence-electron chi connectivity index (χ2n) is 8.17. The molecule has 9 heteroatoms. The SMILES string of the molecule is CC(=O)N(C)c1ccc(C2(NC(=O)c3cncc4c3cnn4-c3ccc(F)cc3)CC2)cn1. The van der Waals surface area contributed by atoms with Gasteiger partial charge in [-0.1, -0.05) is 6.07 Å². The summed E-state index contributed by atoms with van der Waals surface area (Å²) in [5, 5.41) is 8.17. The first kappa shape index (κ1) is 20.7. The number of rotatable bonds is 5. The van der Waals surface area contributed by atoms with Gasteiger partial charge >= 0.3 is 0 Å². The number of hydrogen-bond acceptors (Lipinski definition) is 5. The first-order valence-electron chi connectivity index (χ1n) is 10.5. The minimum Gasteiger partial charge on any atom is -0.342 e. The number of amides is 2. The average Bonchev–Trinajstić information content (AvgIpc) is 3.47. The molecule has 2 amide bonds. The van der Waals surface area contributed by atoms with Crippen LogP contribution in [0, 0.1) is 5.82 Å². The number of carbonyl (C=O) groups excluding carboxylic acids is 2. The molecule has 0 bridgehead atoms. The number of fused-ring (bicyclic) bond motifs is 1. The normalized spacial score (nSPS) is 14.2. The molecule has 0 atom stereocenters. The molecule has 0 saturated heterocycles. The summed E-state index contributed by atoms with van der Waals surface area (Å²) in [5.74, 6) is -0.144. The first-order valence-corrected chi connectivity index (χ1v) is 10.5. The van der Waals surface area contributed by atoms with E-state index in [4.69, 9.17) is 0 Å². The van der Waals surface area contributed by atoms with E-state index in [1.165, 1.54) is 30.2 Å². The number of pyridine rings is 2. The third-order valence-corrected chi connectivity index (χ3v) is 6.03. The van der Waals surface area contributed by atoms with Crippen LogP contribution < -0.4 is 10.2 Å². The minimum atomic E-state index is -0.494. The number of nitrogens with zero attached hydrogens (tertiary/aromatic N) is 5. The van der Waals surface area contributed by atoms with Crippen molar-refractivity contribution in [3.05, 3.63) is 78.1 Å². The molecule has 0 spiro atoms. The summed E-state index contributed by atoms with van der Waals surface area (Å²) in [5.41, 5.74) is 2.13. The lowest BCUT2D eigenvalue weighted by atomic mass is 10.1. The standard InChI is InChI=1S/C24H21FN6O2/c1-15(32)30(2)22-8-3-16(11-27-22)24(9-10-24)29-23(33)20-12-26-14-21-19(20)13-28-31(21)18-6-4-17(25)5-7-18/h3-8,11-14H,9-10H2,1-2H3,(H,29,33). The van der Waals surface area contributed by atoms with Crippen molar-refractivity contribution in [3.8, 4) is 5.69 Å². The molecule has 3 heterocycles. The maximum absolute atomic E-state index is 13.3. The van der Waals surface area contributed by atoms with E-state index >= 15 is 0 Å². The number of halogens is 1. The Morgan fingerprint density at radius 3 is 2.45 bits per heavy atom. The van der Waals surface area contributed by atoms with Crippen molar-refractivity contribution in [1.82, 2.24) is 25.1 Å². The van der Waals surface area contributed by atoms with Gasteiger partial charge in [-0.25, -0.2) is 14.1 Å². The van der Waals surface area contributed by atoms with Crippen molar-refractivity contribution in [2.24, 2.45) is 0 Å². The quantitative estimate of drug-likeness (QED) is 0.510. The number of benzene rings is 1. The predicted molar refractivity (Wildman–Crippen MR) is 121 cm³/mol. The van der Waals surface area contributed by atoms with Gasteiger partial charge in [0.15, 0.2) is 0 Å². The Morgan fingerprint density at radius 1 is 1.06 bits per heavy atom. The van der Waals surface area contributed by atoms with Crippen molar-refractivity contribution in [2.75, 3.05) is 11.9 Å². The van der Waals surface area contributed by atoms with Crippen molar-refractivity contribution >= 4 is 28.5 Å². The summed E-state index contributed by atoms with van der Waals surface area (Å²) in [7, 11) is 1.67. The summed E-state index contributed by atoms with van der Waals surface area (Å²) < 4.78 is 14.9. The van der Waals surface area contributed by atoms with Gasteiger partial charge < -0.3 is 10.2 Å². The van der Waals surface area contributed by atoms with Crippen LogP contribution >= 0.6 is 0 Å². The van der Waals surface area contributed by atoms with Crippen LogP contribution in [0.5, 0.6) is 0 Å². The van der Waals surface area contributed by atoms with E-state index in [0.717, 1.165) is 18.4 Å². The summed E-state index contributed by atoms with van der Waals surface area (Å²) >= 11 is 0. The Morgan fingerprint density at radius 2 is 1.82 bits per heavy atom. The number of hydrogen-bond donors (Lipinski definition) is 1. The largest absolute Gasteiger partial charge is 0.342 e. The van der Waals surface area contributed by atoms with Crippen LogP contribution in [-0.2, 0) is 10.3 Å². The van der Waals surface area contributed by atoms with Crippen LogP contribution in [0.2, 0.25) is 0 Å². The van der Waals surface area contributed by atoms with Gasteiger partial charge in [0.05, 0.1) is 34.7 Å². The molecule has 1 saturated carbocycles. The number of nitrogens with one attached hydrogen (secondary N) is 1. The van der Waals surface area contributed by atoms with Crippen molar-refractivity contribution in [2.45, 2.75) is 25.3 Å². The zero-order chi connectivity index (χ0) is 23.2. The average molecular weight is 444 g/mol. The van der Waals surface area contributed by atoms with Gasteiger partial charge in [0.1, 0.15) is 11.6 Å². The van der Waals surface area contributed by atoms with E-state index < -0.39 is 5.54 Å². The third-order valence-electron chi connectivity index (χ3n) is 6.03. The molecular weight excluding hydrogens is 423 g/mol. The number of anilines is 1. The zero-order valence-corrected chi connectivity index (χ0v) is 18.1. The van der Waals surface area contributed by atoms with Crippen LogP contribution in [0.1, 0.15) is 35.7 Å². The lowest BCUT2D eigenvalue weighted by molar-refractivity contribution is -0.116. The van der Waals surface area contributed by atoms with E-state index in [0.29, 0.717) is 28.0 Å². The zero-order valence-electron chi connectivity index (χ0n) is 18.1. The molecule has 1 aliphatic carbocycles. The van der Waals surface area contributed by atoms with Crippen molar-refractivity contribution in [3.63, 3.8) is 0 Å². The molecule has 1 aliphatic rings. The molecule has 1 aromatic carbocycles. The molecule has 8 nitrogen and oxygen atoms in total. The van der Waals surface area contributed by atoms with E-state index in [9.17, 15) is 14.0 Å². The van der Waals surface area contributed by atoms with Crippen LogP contribution in [-0.4, -0.2) is 38.6 Å². The Hall–Kier alpha value is -4.14. The topological polar surface area (TPSA) is 93.0 Å². The second kappa shape index (κ2) is 7.77. The number of carbonyl (C=O) groups is 2. The molecular formula is C24H21FN6O2. The molecule has 0 unspecified atom stereocenters. The van der Waals surface area contributed by atoms with Crippen molar-refractivity contribution < 1.29 is 14.0 Å². The van der Waals surface area contributed by atoms with Gasteiger partial charge in [0.2, 0.25) is 5.91 Å². The minimum absolute atomic E-state index is 0.105. The fourth-order valence-corrected chi connectivity index (χ4v) is 3.83. The monoisotopic (exact) mass is 444 g/mol. The van der Waals surface area contributed by atoms with E-state index in [1.807, 2.05) is 6.07 Å². The predicted octanol–water partition coefficient (Wildman–Crippen LogP) is 3.36. The summed E-state index contributed by atoms with van der Waals surface area (Å²) in [6.45, 7) is 1.48. The van der Waals surface area contributed by atoms with Gasteiger partial charge in [-0.05, 0) is 48.7 Å². The Balaban J connectivity index is 1.41. The Bertz CT molecular complexity index is 1360. The number of aromatic nitrogens is 4. The molecule has 0 radical (unpaired) electrons. The summed E-state index contributed by atoms with van der Waals surface area (Å²) in [6.07, 6.45) is 8.05. The maximum Gasteiger partial charge on any atom is 0.254 e. The Labute approximate surface area is 189 Å². The van der Waals surface area contributed by atoms with Crippen LogP contribution in [0.25, 0.3) is 16.6 Å². The van der Waals surface area contributed by atoms with E-state index in [2.05, 4.69) is 20.4 Å². The summed E-state index contributed by atoms with van der Waals surface area (Å²) in [4.78, 5) is 34.9. The molecule has 1 N–H and O–H groups in total. The van der Waals surface area contributed by atoms with Gasteiger partial charge in [0, 0.05) is 31.8 Å². The summed E-state index contributed by atoms with van der Waals surface area (Å²) in [6, 6.07) is 9.62. The highest BCUT2D eigenvalue weighted by atomic mass is 19.1. The molecule has 3 aromatic heterocycles. The van der Waals surface area contributed by atoms with Crippen LogP contribution in [0.4, 0.5) is 10.2 Å². The maximum atomic E-state index is 13.3. The van der Waals surface area contributed by atoms with Crippen molar-refractivity contribution in [1.29, 1.82) is 0 Å². The highest BCUT2D eigenvalue weighted by Crippen LogP contribution is 2.45. The smallest absolute Gasteiger partial charge is 0.254 e. The highest BCUT2D eigenvalue weighted by Gasteiger charge is 2.46. The lowest BCUT2D eigenvalue weighted by Crippen LogP contribution is -2.35. The molecule has 33 heavy (non-hydrogen) atoms. The van der Waals surface area contributed by atoms with Gasteiger partial charge in [-0.15, -0.1) is 0 Å². The molecule has 1 fully saturated rings. The van der Waals surface area contributed by atoms with Gasteiger partial charge in [0.25, 0.3) is 5.91 Å². The Kier molecular flexibility index (Phi) is 4.88. The van der Waals surface area contributed by atoms with E-state index in [-0.39, 0.29) is 17.6 Å². The van der Waals surface area contributed by atoms with E-state index in [1.54, 1.807) is 48.5 Å². The lowest BCUT2D eigenvalue weighted by Gasteiger charge is -2.19. The molecule has 166 valence electrons. The molecule has 5 rings (SSSR count).